The predicted molar refractivity (Wildman–Crippen MR) is 315 cm³/mol. The molecule has 0 aliphatic carbocycles. The molecule has 2 aliphatic heterocycles. The van der Waals surface area contributed by atoms with Gasteiger partial charge in [0, 0.05) is 67.2 Å². The quantitative estimate of drug-likeness (QED) is 0.142. The molecule has 4 heterocycles. The number of aromatic nitrogens is 4. The zero-order chi connectivity index (χ0) is 50.1. The van der Waals surface area contributed by atoms with Crippen molar-refractivity contribution >= 4 is 79.0 Å². The topological polar surface area (TPSA) is 50.1 Å². The van der Waals surface area contributed by atoms with Crippen LogP contribution in [0.4, 0.5) is 34.1 Å². The summed E-state index contributed by atoms with van der Waals surface area (Å²) in [5.41, 5.74) is 21.5. The minimum absolute atomic E-state index is 0.0818. The van der Waals surface area contributed by atoms with E-state index in [-0.39, 0.29) is 6.71 Å². The molecule has 0 radical (unpaired) electrons. The molecule has 0 unspecified atom stereocenters. The third kappa shape index (κ3) is 7.08. The fraction of sp³-hybridized carbons (Fsp3) is 0. The van der Waals surface area contributed by atoms with Crippen molar-refractivity contribution in [2.45, 2.75) is 0 Å². The first-order valence-corrected chi connectivity index (χ1v) is 25.9. The summed E-state index contributed by atoms with van der Waals surface area (Å²) in [6, 6.07) is 97.8. The van der Waals surface area contributed by atoms with Gasteiger partial charge in [0.2, 0.25) is 0 Å². The maximum atomic E-state index is 5.16. The number of hydrogen-bond donors (Lipinski definition) is 0. The number of fused-ring (bicyclic) bond motifs is 7. The van der Waals surface area contributed by atoms with Crippen LogP contribution in [-0.4, -0.2) is 26.2 Å². The van der Waals surface area contributed by atoms with Crippen molar-refractivity contribution in [1.29, 1.82) is 0 Å². The first kappa shape index (κ1) is 43.5. The lowest BCUT2D eigenvalue weighted by Gasteiger charge is -2.44. The molecular weight excluding hydrogens is 924 g/mol. The van der Waals surface area contributed by atoms with Gasteiger partial charge in [-0.3, -0.25) is 0 Å². The van der Waals surface area contributed by atoms with E-state index in [1.54, 1.807) is 0 Å². The number of benzene rings is 11. The van der Waals surface area contributed by atoms with Crippen molar-refractivity contribution in [1.82, 2.24) is 19.5 Å². The second-order valence-corrected chi connectivity index (χ2v) is 19.5. The molecule has 6 nitrogen and oxygen atoms in total. The third-order valence-corrected chi connectivity index (χ3v) is 15.2. The highest BCUT2D eigenvalue weighted by Crippen LogP contribution is 2.45. The van der Waals surface area contributed by atoms with E-state index in [4.69, 9.17) is 15.0 Å². The van der Waals surface area contributed by atoms with E-state index in [1.807, 2.05) is 36.4 Å². The second kappa shape index (κ2) is 17.8. The van der Waals surface area contributed by atoms with Gasteiger partial charge in [-0.15, -0.1) is 0 Å². The molecule has 0 spiro atoms. The van der Waals surface area contributed by atoms with Crippen molar-refractivity contribution in [3.63, 3.8) is 0 Å². The van der Waals surface area contributed by atoms with Crippen LogP contribution in [0.15, 0.2) is 273 Å². The fourth-order valence-electron chi connectivity index (χ4n) is 11.9. The van der Waals surface area contributed by atoms with Gasteiger partial charge >= 0.3 is 0 Å². The van der Waals surface area contributed by atoms with Crippen LogP contribution in [0.25, 0.3) is 83.9 Å². The molecule has 2 aliphatic rings. The summed E-state index contributed by atoms with van der Waals surface area (Å²) in [5.74, 6) is 1.87. The lowest BCUT2D eigenvalue weighted by atomic mass is 9.33. The monoisotopic (exact) mass is 968 g/mol. The van der Waals surface area contributed by atoms with Crippen LogP contribution >= 0.6 is 0 Å². The first-order valence-electron chi connectivity index (χ1n) is 25.9. The van der Waals surface area contributed by atoms with Crippen LogP contribution in [0.1, 0.15) is 0 Å². The second-order valence-electron chi connectivity index (χ2n) is 19.5. The Morgan fingerprint density at radius 2 is 0.711 bits per heavy atom. The first-order chi connectivity index (χ1) is 37.7. The van der Waals surface area contributed by atoms with Crippen LogP contribution in [0.3, 0.4) is 0 Å². The molecule has 0 fully saturated rings. The van der Waals surface area contributed by atoms with Crippen LogP contribution in [0.2, 0.25) is 0 Å². The van der Waals surface area contributed by atoms with E-state index in [0.29, 0.717) is 17.5 Å². The standard InChI is InChI=1S/C69H45BN6/c1-4-20-48(21-5-1)67-71-68(49-22-6-2-7-23-49)73-69(72-67)51-42-43-61(76-59-32-14-10-28-54(59)55-29-11-15-33-60(55)76)56(45-51)47-40-38-46(39-41-47)50-24-18-27-53(44-50)75-63-35-17-13-31-58(63)70-57-30-12-16-34-62(57)74(52-25-8-3-9-26-52)64-36-19-37-65(75)66(64)70/h1-45H. The maximum Gasteiger partial charge on any atom is 0.252 e. The Kier molecular flexibility index (Phi) is 10.2. The van der Waals surface area contributed by atoms with Gasteiger partial charge in [0.25, 0.3) is 6.71 Å². The van der Waals surface area contributed by atoms with Crippen LogP contribution in [0.5, 0.6) is 0 Å². The summed E-state index contributed by atoms with van der Waals surface area (Å²) in [5, 5.41) is 2.42. The molecule has 0 amide bonds. The number of nitrogens with zero attached hydrogens (tertiary/aromatic N) is 6. The fourth-order valence-corrected chi connectivity index (χ4v) is 11.9. The number of anilines is 6. The molecule has 0 bridgehead atoms. The zero-order valence-corrected chi connectivity index (χ0v) is 41.2. The summed E-state index contributed by atoms with van der Waals surface area (Å²) < 4.78 is 2.40. The minimum Gasteiger partial charge on any atom is -0.311 e. The lowest BCUT2D eigenvalue weighted by Crippen LogP contribution is -2.61. The van der Waals surface area contributed by atoms with Gasteiger partial charge in [-0.2, -0.15) is 0 Å². The Balaban J connectivity index is 0.865. The third-order valence-electron chi connectivity index (χ3n) is 15.2. The van der Waals surface area contributed by atoms with E-state index >= 15 is 0 Å². The number of para-hydroxylation sites is 5. The minimum atomic E-state index is 0.0818. The highest BCUT2D eigenvalue weighted by atomic mass is 15.2. The molecule has 76 heavy (non-hydrogen) atoms. The number of rotatable bonds is 8. The molecule has 354 valence electrons. The van der Waals surface area contributed by atoms with Gasteiger partial charge in [0.05, 0.1) is 16.7 Å². The van der Waals surface area contributed by atoms with Gasteiger partial charge in [-0.25, -0.2) is 15.0 Å². The molecule has 0 saturated heterocycles. The van der Waals surface area contributed by atoms with E-state index in [1.165, 1.54) is 49.9 Å². The summed E-state index contributed by atoms with van der Waals surface area (Å²) >= 11 is 0. The Bertz CT molecular complexity index is 4250. The van der Waals surface area contributed by atoms with Gasteiger partial charge in [-0.1, -0.05) is 194 Å². The van der Waals surface area contributed by atoms with Crippen molar-refractivity contribution in [3.05, 3.63) is 273 Å². The van der Waals surface area contributed by atoms with Crippen molar-refractivity contribution in [3.8, 4) is 62.1 Å². The summed E-state index contributed by atoms with van der Waals surface area (Å²) in [4.78, 5) is 20.2. The molecule has 0 N–H and O–H groups in total. The maximum absolute atomic E-state index is 5.16. The van der Waals surface area contributed by atoms with Gasteiger partial charge in [-0.05, 0) is 112 Å². The average molecular weight is 969 g/mol. The molecule has 0 atom stereocenters. The van der Waals surface area contributed by atoms with Crippen molar-refractivity contribution in [2.24, 2.45) is 0 Å². The van der Waals surface area contributed by atoms with Gasteiger partial charge < -0.3 is 14.4 Å². The van der Waals surface area contributed by atoms with E-state index < -0.39 is 0 Å². The molecule has 7 heteroatoms. The average Bonchev–Trinajstić information content (AvgIpc) is 3.95. The van der Waals surface area contributed by atoms with Gasteiger partial charge in [0.15, 0.2) is 17.5 Å². The number of hydrogen-bond acceptors (Lipinski definition) is 5. The van der Waals surface area contributed by atoms with Crippen LogP contribution in [-0.2, 0) is 0 Å². The molecule has 13 aromatic rings. The summed E-state index contributed by atoms with van der Waals surface area (Å²) in [6.07, 6.45) is 0. The predicted octanol–water partition coefficient (Wildman–Crippen LogP) is 15.4. The summed E-state index contributed by atoms with van der Waals surface area (Å²) in [7, 11) is 0. The van der Waals surface area contributed by atoms with E-state index in [2.05, 4.69) is 251 Å². The van der Waals surface area contributed by atoms with E-state index in [9.17, 15) is 0 Å². The molecule has 2 aromatic heterocycles. The Morgan fingerprint density at radius 1 is 0.276 bits per heavy atom. The SMILES string of the molecule is c1ccc(-c2nc(-c3ccccc3)nc(-c3ccc(-n4c5ccccc5c5ccccc54)c(-c4ccc(-c5cccc(N6c7ccccc7B7c8ccccc8N(c8ccccc8)c8cccc6c87)c5)cc4)c3)n2)cc1. The molecule has 15 rings (SSSR count). The zero-order valence-electron chi connectivity index (χ0n) is 41.2. The van der Waals surface area contributed by atoms with E-state index in [0.717, 1.165) is 67.0 Å². The summed E-state index contributed by atoms with van der Waals surface area (Å²) in [6.45, 7) is 0.0818. The van der Waals surface area contributed by atoms with Crippen LogP contribution in [0, 0.1) is 0 Å². The van der Waals surface area contributed by atoms with Crippen molar-refractivity contribution in [2.75, 3.05) is 9.80 Å². The van der Waals surface area contributed by atoms with Crippen molar-refractivity contribution < 1.29 is 0 Å². The normalized spacial score (nSPS) is 12.4. The lowest BCUT2D eigenvalue weighted by molar-refractivity contribution is 1.07. The van der Waals surface area contributed by atoms with Gasteiger partial charge in [0.1, 0.15) is 0 Å². The molecular formula is C69H45BN6. The highest BCUT2D eigenvalue weighted by molar-refractivity contribution is 7.00. The molecule has 11 aromatic carbocycles. The Labute approximate surface area is 441 Å². The Hall–Kier alpha value is -10.1. The Morgan fingerprint density at radius 3 is 1.32 bits per heavy atom. The largest absolute Gasteiger partial charge is 0.311 e. The smallest absolute Gasteiger partial charge is 0.252 e. The molecule has 0 saturated carbocycles. The highest BCUT2D eigenvalue weighted by Gasteiger charge is 2.42. The van der Waals surface area contributed by atoms with Crippen LogP contribution < -0.4 is 26.2 Å².